The molecule has 3 heterocycles. The number of rotatable bonds is 4. The van der Waals surface area contributed by atoms with Crippen molar-refractivity contribution in [3.05, 3.63) is 0 Å². The standard InChI is InChI=1S/C17H24O7/c1-16(2,3)17(4,5)15(20)21-7-10(18)23-12-9-6-8-11(22-9)13(12)24-14(8)19/h8-9,11-13H,6-7H2,1-5H3. The Morgan fingerprint density at radius 3 is 2.46 bits per heavy atom. The van der Waals surface area contributed by atoms with Gasteiger partial charge in [0.15, 0.2) is 18.8 Å². The maximum Gasteiger partial charge on any atom is 0.344 e. The van der Waals surface area contributed by atoms with Crippen LogP contribution in [0.2, 0.25) is 0 Å². The first-order valence-electron chi connectivity index (χ1n) is 8.25. The van der Waals surface area contributed by atoms with Crippen molar-refractivity contribution >= 4 is 17.9 Å². The molecule has 0 aromatic heterocycles. The van der Waals surface area contributed by atoms with Crippen LogP contribution in [0.15, 0.2) is 0 Å². The molecule has 0 aliphatic carbocycles. The number of esters is 3. The van der Waals surface area contributed by atoms with E-state index in [1.807, 2.05) is 20.8 Å². The van der Waals surface area contributed by atoms with Crippen LogP contribution in [0.1, 0.15) is 41.0 Å². The molecule has 0 saturated carbocycles. The average molecular weight is 340 g/mol. The largest absolute Gasteiger partial charge is 0.455 e. The Morgan fingerprint density at radius 1 is 1.17 bits per heavy atom. The summed E-state index contributed by atoms with van der Waals surface area (Å²) in [7, 11) is 0. The van der Waals surface area contributed by atoms with Gasteiger partial charge in [-0.2, -0.15) is 0 Å². The topological polar surface area (TPSA) is 88.1 Å². The minimum atomic E-state index is -0.739. The summed E-state index contributed by atoms with van der Waals surface area (Å²) in [5.74, 6) is -1.64. The summed E-state index contributed by atoms with van der Waals surface area (Å²) in [4.78, 5) is 35.9. The maximum absolute atomic E-state index is 12.2. The first kappa shape index (κ1) is 17.2. The fourth-order valence-electron chi connectivity index (χ4n) is 3.18. The molecule has 0 radical (unpaired) electrons. The summed E-state index contributed by atoms with van der Waals surface area (Å²) >= 11 is 0. The van der Waals surface area contributed by atoms with Gasteiger partial charge in [0.05, 0.1) is 17.4 Å². The number of hydrogen-bond donors (Lipinski definition) is 0. The monoisotopic (exact) mass is 340 g/mol. The number of carbonyl (C=O) groups excluding carboxylic acids is 3. The van der Waals surface area contributed by atoms with Crippen LogP contribution in [0.5, 0.6) is 0 Å². The molecule has 3 saturated heterocycles. The SMILES string of the molecule is CC(C)(C)C(C)(C)C(=O)OCC(=O)OC1C2CC3C(=O)OC1C3O2. The van der Waals surface area contributed by atoms with Gasteiger partial charge >= 0.3 is 17.9 Å². The highest BCUT2D eigenvalue weighted by Crippen LogP contribution is 2.47. The Balaban J connectivity index is 1.53. The Kier molecular flexibility index (Phi) is 3.90. The second-order valence-corrected chi connectivity index (χ2v) is 8.29. The van der Waals surface area contributed by atoms with E-state index in [2.05, 4.69) is 0 Å². The van der Waals surface area contributed by atoms with Gasteiger partial charge in [-0.3, -0.25) is 9.59 Å². The molecule has 7 nitrogen and oxygen atoms in total. The van der Waals surface area contributed by atoms with E-state index in [1.54, 1.807) is 13.8 Å². The van der Waals surface area contributed by atoms with Crippen LogP contribution in [-0.2, 0) is 33.3 Å². The van der Waals surface area contributed by atoms with Gasteiger partial charge in [0.25, 0.3) is 0 Å². The van der Waals surface area contributed by atoms with Crippen LogP contribution in [0.25, 0.3) is 0 Å². The van der Waals surface area contributed by atoms with Crippen molar-refractivity contribution in [1.82, 2.24) is 0 Å². The minimum absolute atomic E-state index is 0.236. The van der Waals surface area contributed by atoms with E-state index in [-0.39, 0.29) is 29.5 Å². The first-order chi connectivity index (χ1) is 11.0. The van der Waals surface area contributed by atoms with Crippen LogP contribution in [0.4, 0.5) is 0 Å². The van der Waals surface area contributed by atoms with Gasteiger partial charge in [-0.25, -0.2) is 4.79 Å². The molecule has 0 spiro atoms. The lowest BCUT2D eigenvalue weighted by Crippen LogP contribution is -2.42. The molecule has 134 valence electrons. The third-order valence-corrected chi connectivity index (χ3v) is 5.76. The summed E-state index contributed by atoms with van der Waals surface area (Å²) < 4.78 is 21.3. The molecule has 0 N–H and O–H groups in total. The van der Waals surface area contributed by atoms with Crippen molar-refractivity contribution in [3.63, 3.8) is 0 Å². The lowest BCUT2D eigenvalue weighted by Gasteiger charge is -2.36. The summed E-state index contributed by atoms with van der Waals surface area (Å²) in [6, 6.07) is 0. The van der Waals surface area contributed by atoms with Crippen molar-refractivity contribution in [2.24, 2.45) is 16.7 Å². The molecule has 0 amide bonds. The fraction of sp³-hybridized carbons (Fsp3) is 0.824. The number of hydrogen-bond acceptors (Lipinski definition) is 7. The normalized spacial score (nSPS) is 34.2. The Hall–Kier alpha value is -1.63. The van der Waals surface area contributed by atoms with E-state index in [9.17, 15) is 14.4 Å². The third kappa shape index (κ3) is 2.59. The Morgan fingerprint density at radius 2 is 1.83 bits per heavy atom. The first-order valence-corrected chi connectivity index (χ1v) is 8.25. The lowest BCUT2D eigenvalue weighted by atomic mass is 9.69. The van der Waals surface area contributed by atoms with Crippen molar-refractivity contribution in [3.8, 4) is 0 Å². The fourth-order valence-corrected chi connectivity index (χ4v) is 3.18. The summed E-state index contributed by atoms with van der Waals surface area (Å²) in [6.07, 6.45) is -1.27. The second-order valence-electron chi connectivity index (χ2n) is 8.29. The predicted molar refractivity (Wildman–Crippen MR) is 80.7 cm³/mol. The van der Waals surface area contributed by atoms with Gasteiger partial charge in [0, 0.05) is 0 Å². The van der Waals surface area contributed by atoms with E-state index < -0.39 is 36.2 Å². The molecule has 3 aliphatic heterocycles. The summed E-state index contributed by atoms with van der Waals surface area (Å²) in [5, 5.41) is 0. The summed E-state index contributed by atoms with van der Waals surface area (Å²) in [5.41, 5.74) is -1.05. The summed E-state index contributed by atoms with van der Waals surface area (Å²) in [6.45, 7) is 8.90. The van der Waals surface area contributed by atoms with Gasteiger partial charge in [0.2, 0.25) is 0 Å². The average Bonchev–Trinajstić information content (AvgIpc) is 3.08. The smallest absolute Gasteiger partial charge is 0.344 e. The van der Waals surface area contributed by atoms with E-state index in [0.717, 1.165) is 0 Å². The van der Waals surface area contributed by atoms with Crippen molar-refractivity contribution < 1.29 is 33.3 Å². The van der Waals surface area contributed by atoms with Crippen LogP contribution < -0.4 is 0 Å². The zero-order chi connectivity index (χ0) is 17.9. The van der Waals surface area contributed by atoms with Crippen LogP contribution >= 0.6 is 0 Å². The molecule has 5 atom stereocenters. The molecule has 24 heavy (non-hydrogen) atoms. The van der Waals surface area contributed by atoms with Gasteiger partial charge in [-0.15, -0.1) is 0 Å². The minimum Gasteiger partial charge on any atom is -0.455 e. The van der Waals surface area contributed by atoms with E-state index >= 15 is 0 Å². The van der Waals surface area contributed by atoms with Gasteiger partial charge in [-0.05, 0) is 25.7 Å². The van der Waals surface area contributed by atoms with Gasteiger partial charge in [0.1, 0.15) is 6.10 Å². The quantitative estimate of drug-likeness (QED) is 0.562. The highest BCUT2D eigenvalue weighted by atomic mass is 16.7. The molecule has 3 fully saturated rings. The van der Waals surface area contributed by atoms with Gasteiger partial charge in [-0.1, -0.05) is 20.8 Å². The van der Waals surface area contributed by atoms with E-state index in [4.69, 9.17) is 18.9 Å². The van der Waals surface area contributed by atoms with E-state index in [0.29, 0.717) is 6.42 Å². The molecule has 0 aromatic rings. The second kappa shape index (κ2) is 5.44. The lowest BCUT2D eigenvalue weighted by molar-refractivity contribution is -0.174. The molecular weight excluding hydrogens is 316 g/mol. The van der Waals surface area contributed by atoms with Crippen LogP contribution in [0, 0.1) is 16.7 Å². The predicted octanol–water partition coefficient (Wildman–Crippen LogP) is 1.23. The molecule has 5 unspecified atom stereocenters. The molecule has 3 rings (SSSR count). The molecule has 3 aliphatic rings. The van der Waals surface area contributed by atoms with Crippen LogP contribution in [0.3, 0.4) is 0 Å². The van der Waals surface area contributed by atoms with Gasteiger partial charge < -0.3 is 18.9 Å². The molecule has 0 aromatic carbocycles. The highest BCUT2D eigenvalue weighted by Gasteiger charge is 2.65. The molecule has 2 bridgehead atoms. The van der Waals surface area contributed by atoms with E-state index in [1.165, 1.54) is 0 Å². The zero-order valence-electron chi connectivity index (χ0n) is 14.7. The molecular formula is C17H24O7. The van der Waals surface area contributed by atoms with Crippen molar-refractivity contribution in [2.75, 3.05) is 6.61 Å². The Labute approximate surface area is 140 Å². The number of ether oxygens (including phenoxy) is 4. The third-order valence-electron chi connectivity index (χ3n) is 5.76. The maximum atomic E-state index is 12.2. The number of carbonyl (C=O) groups is 3. The molecule has 7 heteroatoms. The number of fused-ring (bicyclic) bond motifs is 1. The van der Waals surface area contributed by atoms with Crippen molar-refractivity contribution in [1.29, 1.82) is 0 Å². The van der Waals surface area contributed by atoms with Crippen molar-refractivity contribution in [2.45, 2.75) is 65.5 Å². The Bertz CT molecular complexity index is 574. The van der Waals surface area contributed by atoms with Crippen LogP contribution in [-0.4, -0.2) is 48.9 Å². The zero-order valence-corrected chi connectivity index (χ0v) is 14.7. The highest BCUT2D eigenvalue weighted by molar-refractivity contribution is 5.81.